The number of likely N-dealkylation sites (N-methyl/N-ethyl adjacent to an activating group) is 1. The Morgan fingerprint density at radius 2 is 1.89 bits per heavy atom. The van der Waals surface area contributed by atoms with Crippen LogP contribution in [-0.4, -0.2) is 74.1 Å². The molecule has 35 heavy (non-hydrogen) atoms. The highest BCUT2D eigenvalue weighted by Crippen LogP contribution is 2.33. The lowest BCUT2D eigenvalue weighted by Gasteiger charge is -2.34. The van der Waals surface area contributed by atoms with Gasteiger partial charge in [0.15, 0.2) is 0 Å². The van der Waals surface area contributed by atoms with Gasteiger partial charge in [-0.1, -0.05) is 6.07 Å². The van der Waals surface area contributed by atoms with Gasteiger partial charge in [-0.25, -0.2) is 4.98 Å². The van der Waals surface area contributed by atoms with E-state index in [9.17, 15) is 4.79 Å². The lowest BCUT2D eigenvalue weighted by molar-refractivity contribution is 0.313. The van der Waals surface area contributed by atoms with Crippen molar-refractivity contribution in [2.24, 2.45) is 12.0 Å². The third kappa shape index (κ3) is 3.97. The topological polar surface area (TPSA) is 111 Å². The molecule has 1 aliphatic rings. The first-order chi connectivity index (χ1) is 17.0. The lowest BCUT2D eigenvalue weighted by atomic mass is 10.2. The van der Waals surface area contributed by atoms with Gasteiger partial charge in [0.05, 0.1) is 28.5 Å². The lowest BCUT2D eigenvalue weighted by Crippen LogP contribution is -2.44. The van der Waals surface area contributed by atoms with Crippen LogP contribution in [0.1, 0.15) is 5.69 Å². The number of rotatable bonds is 4. The first-order valence-corrected chi connectivity index (χ1v) is 11.5. The van der Waals surface area contributed by atoms with Gasteiger partial charge >= 0.3 is 0 Å². The van der Waals surface area contributed by atoms with Crippen molar-refractivity contribution in [2.45, 2.75) is 0 Å². The zero-order valence-corrected chi connectivity index (χ0v) is 19.6. The normalized spacial score (nSPS) is 15.1. The van der Waals surface area contributed by atoms with Gasteiger partial charge in [0.2, 0.25) is 0 Å². The monoisotopic (exact) mass is 467 g/mol. The SMILES string of the molecule is CN1CCN(c2ccc3nc(-c4c(N=Cc5ccccn5)c5nn(C)cc5[nH]c4=O)[nH]c3c2)CC1. The van der Waals surface area contributed by atoms with Crippen molar-refractivity contribution in [2.75, 3.05) is 38.1 Å². The molecule has 0 unspecified atom stereocenters. The van der Waals surface area contributed by atoms with Crippen molar-refractivity contribution in [3.05, 3.63) is 64.8 Å². The molecule has 176 valence electrons. The molecule has 10 nitrogen and oxygen atoms in total. The van der Waals surface area contributed by atoms with Gasteiger partial charge < -0.3 is 19.8 Å². The summed E-state index contributed by atoms with van der Waals surface area (Å²) < 4.78 is 1.66. The minimum absolute atomic E-state index is 0.281. The number of anilines is 1. The summed E-state index contributed by atoms with van der Waals surface area (Å²) in [6.07, 6.45) is 5.11. The number of imidazole rings is 1. The van der Waals surface area contributed by atoms with E-state index in [1.807, 2.05) is 31.3 Å². The van der Waals surface area contributed by atoms with E-state index >= 15 is 0 Å². The van der Waals surface area contributed by atoms with Gasteiger partial charge in [-0.05, 0) is 37.4 Å². The van der Waals surface area contributed by atoms with Gasteiger partial charge in [0.1, 0.15) is 22.6 Å². The average Bonchev–Trinajstić information content (AvgIpc) is 3.45. The summed E-state index contributed by atoms with van der Waals surface area (Å²) in [7, 11) is 3.96. The second-order valence-corrected chi connectivity index (χ2v) is 8.83. The quantitative estimate of drug-likeness (QED) is 0.393. The van der Waals surface area contributed by atoms with Crippen molar-refractivity contribution in [3.63, 3.8) is 0 Å². The number of hydrogen-bond donors (Lipinski definition) is 2. The highest BCUT2D eigenvalue weighted by atomic mass is 16.1. The van der Waals surface area contributed by atoms with E-state index in [-0.39, 0.29) is 5.56 Å². The molecule has 1 aromatic carbocycles. The highest BCUT2D eigenvalue weighted by molar-refractivity contribution is 5.97. The van der Waals surface area contributed by atoms with Crippen molar-refractivity contribution < 1.29 is 0 Å². The number of aliphatic imine (C=N–C) groups is 1. The van der Waals surface area contributed by atoms with Crippen LogP contribution >= 0.6 is 0 Å². The van der Waals surface area contributed by atoms with Crippen LogP contribution in [0.2, 0.25) is 0 Å². The molecule has 5 heterocycles. The molecule has 2 N–H and O–H groups in total. The molecule has 0 spiro atoms. The second-order valence-electron chi connectivity index (χ2n) is 8.83. The van der Waals surface area contributed by atoms with Gasteiger partial charge in [0, 0.05) is 51.3 Å². The number of aromatic amines is 2. The minimum Gasteiger partial charge on any atom is -0.369 e. The van der Waals surface area contributed by atoms with Crippen LogP contribution in [0.15, 0.2) is 58.6 Å². The maximum atomic E-state index is 13.2. The third-order valence-electron chi connectivity index (χ3n) is 6.35. The average molecular weight is 468 g/mol. The number of aromatic nitrogens is 6. The Morgan fingerprint density at radius 3 is 2.69 bits per heavy atom. The minimum atomic E-state index is -0.281. The summed E-state index contributed by atoms with van der Waals surface area (Å²) in [5.41, 5.74) is 5.21. The number of piperazine rings is 1. The molecule has 10 heteroatoms. The molecule has 0 atom stereocenters. The molecule has 5 aromatic rings. The van der Waals surface area contributed by atoms with Crippen molar-refractivity contribution in [1.82, 2.24) is 34.6 Å². The van der Waals surface area contributed by atoms with E-state index < -0.39 is 0 Å². The molecular formula is C25H25N9O. The van der Waals surface area contributed by atoms with Crippen LogP contribution in [0.4, 0.5) is 11.4 Å². The van der Waals surface area contributed by atoms with Crippen LogP contribution in [0.3, 0.4) is 0 Å². The molecule has 0 aliphatic carbocycles. The second kappa shape index (κ2) is 8.48. The van der Waals surface area contributed by atoms with E-state index in [1.165, 1.54) is 0 Å². The van der Waals surface area contributed by atoms with Gasteiger partial charge in [-0.15, -0.1) is 0 Å². The molecule has 0 amide bonds. The van der Waals surface area contributed by atoms with E-state index in [0.717, 1.165) is 42.9 Å². The maximum Gasteiger partial charge on any atom is 0.261 e. The van der Waals surface area contributed by atoms with Crippen LogP contribution in [0.5, 0.6) is 0 Å². The number of nitrogens with zero attached hydrogens (tertiary/aromatic N) is 7. The summed E-state index contributed by atoms with van der Waals surface area (Å²) in [4.78, 5) is 37.9. The van der Waals surface area contributed by atoms with Crippen LogP contribution in [-0.2, 0) is 7.05 Å². The largest absolute Gasteiger partial charge is 0.369 e. The van der Waals surface area contributed by atoms with Crippen LogP contribution in [0, 0.1) is 0 Å². The fourth-order valence-electron chi connectivity index (χ4n) is 4.47. The van der Waals surface area contributed by atoms with Crippen molar-refractivity contribution in [3.8, 4) is 11.4 Å². The summed E-state index contributed by atoms with van der Waals surface area (Å²) in [6.45, 7) is 4.02. The molecule has 0 saturated carbocycles. The third-order valence-corrected chi connectivity index (χ3v) is 6.35. The van der Waals surface area contributed by atoms with E-state index in [1.54, 1.807) is 23.3 Å². The summed E-state index contributed by atoms with van der Waals surface area (Å²) in [5, 5.41) is 4.55. The van der Waals surface area contributed by atoms with Gasteiger partial charge in [0.25, 0.3) is 5.56 Å². The van der Waals surface area contributed by atoms with Crippen molar-refractivity contribution in [1.29, 1.82) is 0 Å². The van der Waals surface area contributed by atoms with Gasteiger partial charge in [-0.2, -0.15) is 5.10 Å². The first-order valence-electron chi connectivity index (χ1n) is 11.5. The zero-order chi connectivity index (χ0) is 23.9. The molecule has 0 radical (unpaired) electrons. The van der Waals surface area contributed by atoms with E-state index in [4.69, 9.17) is 4.98 Å². The Labute approximate surface area is 201 Å². The van der Waals surface area contributed by atoms with Crippen LogP contribution in [0.25, 0.3) is 33.5 Å². The number of benzene rings is 1. The number of H-pyrrole nitrogens is 2. The fraction of sp³-hybridized carbons (Fsp3) is 0.240. The van der Waals surface area contributed by atoms with E-state index in [0.29, 0.717) is 33.8 Å². The zero-order valence-electron chi connectivity index (χ0n) is 19.6. The summed E-state index contributed by atoms with van der Waals surface area (Å²) >= 11 is 0. The Morgan fingerprint density at radius 1 is 1.03 bits per heavy atom. The van der Waals surface area contributed by atoms with Crippen LogP contribution < -0.4 is 10.5 Å². The first kappa shape index (κ1) is 21.2. The Bertz CT molecular complexity index is 1610. The maximum absolute atomic E-state index is 13.2. The molecule has 0 bridgehead atoms. The Hall–Kier alpha value is -4.31. The molecule has 1 fully saturated rings. The van der Waals surface area contributed by atoms with E-state index in [2.05, 4.69) is 54.0 Å². The smallest absolute Gasteiger partial charge is 0.261 e. The molecular weight excluding hydrogens is 442 g/mol. The fourth-order valence-corrected chi connectivity index (χ4v) is 4.47. The number of aryl methyl sites for hydroxylation is 1. The Balaban J connectivity index is 1.47. The predicted octanol–water partition coefficient (Wildman–Crippen LogP) is 2.70. The number of pyridine rings is 2. The summed E-state index contributed by atoms with van der Waals surface area (Å²) in [6, 6.07) is 11.8. The summed E-state index contributed by atoms with van der Waals surface area (Å²) in [5.74, 6) is 0.456. The number of fused-ring (bicyclic) bond motifs is 2. The molecule has 6 rings (SSSR count). The number of hydrogen-bond acceptors (Lipinski definition) is 7. The number of nitrogens with one attached hydrogen (secondary N) is 2. The molecule has 1 saturated heterocycles. The van der Waals surface area contributed by atoms with Crippen molar-refractivity contribution >= 4 is 39.7 Å². The standard InChI is InChI=1S/C25H25N9O/c1-32-9-11-34(12-10-32)17-6-7-18-19(13-17)29-24(28-18)21-23(27-14-16-5-3-4-8-26-16)22-20(30-25(21)35)15-33(2)31-22/h3-8,13-15H,9-12H2,1-2H3,(H,28,29)(H,30,35). The van der Waals surface area contributed by atoms with Gasteiger partial charge in [-0.3, -0.25) is 19.5 Å². The molecule has 1 aliphatic heterocycles. The highest BCUT2D eigenvalue weighted by Gasteiger charge is 2.20. The Kier molecular flexibility index (Phi) is 5.14. The predicted molar refractivity (Wildman–Crippen MR) is 138 cm³/mol. The molecule has 4 aromatic heterocycles.